The predicted octanol–water partition coefficient (Wildman–Crippen LogP) is 2.11. The van der Waals surface area contributed by atoms with Gasteiger partial charge in [-0.2, -0.15) is 8.78 Å². The van der Waals surface area contributed by atoms with Crippen LogP contribution in [-0.2, 0) is 4.79 Å². The van der Waals surface area contributed by atoms with Crippen molar-refractivity contribution >= 4 is 24.0 Å². The number of nitro groups is 1. The molecule has 106 valence electrons. The highest BCUT2D eigenvalue weighted by atomic mass is 19.3. The van der Waals surface area contributed by atoms with E-state index in [0.29, 0.717) is 12.1 Å². The van der Waals surface area contributed by atoms with Gasteiger partial charge in [0, 0.05) is 23.3 Å². The molecule has 0 aliphatic rings. The van der Waals surface area contributed by atoms with Crippen molar-refractivity contribution in [1.29, 1.82) is 0 Å². The fourth-order valence-corrected chi connectivity index (χ4v) is 1.36. The molecule has 0 unspecified atom stereocenters. The van der Waals surface area contributed by atoms with Gasteiger partial charge in [0.2, 0.25) is 0 Å². The van der Waals surface area contributed by atoms with Crippen LogP contribution in [0, 0.1) is 10.1 Å². The molecule has 7 nitrogen and oxygen atoms in total. The second-order valence-electron chi connectivity index (χ2n) is 3.37. The van der Waals surface area contributed by atoms with Gasteiger partial charge in [0.25, 0.3) is 5.69 Å². The van der Waals surface area contributed by atoms with Crippen molar-refractivity contribution in [2.75, 3.05) is 0 Å². The van der Waals surface area contributed by atoms with Crippen molar-refractivity contribution in [2.24, 2.45) is 0 Å². The number of rotatable bonds is 6. The maximum absolute atomic E-state index is 12.2. The van der Waals surface area contributed by atoms with E-state index in [1.807, 2.05) is 0 Å². The molecule has 0 amide bonds. The molecular weight excluding hydrogens is 280 g/mol. The van der Waals surface area contributed by atoms with Crippen LogP contribution in [0.1, 0.15) is 15.9 Å². The van der Waals surface area contributed by atoms with Gasteiger partial charge in [-0.15, -0.1) is 0 Å². The molecule has 0 radical (unpaired) electrons. The number of hydrogen-bond acceptors (Lipinski definition) is 5. The highest BCUT2D eigenvalue weighted by Crippen LogP contribution is 2.30. The number of carbonyl (C=O) groups excluding carboxylic acids is 1. The van der Waals surface area contributed by atoms with E-state index in [-0.39, 0.29) is 17.4 Å². The zero-order valence-electron chi connectivity index (χ0n) is 9.66. The summed E-state index contributed by atoms with van der Waals surface area (Å²) in [7, 11) is 0. The van der Waals surface area contributed by atoms with Crippen molar-refractivity contribution in [2.45, 2.75) is 6.61 Å². The largest absolute Gasteiger partial charge is 0.478 e. The normalized spacial score (nSPS) is 10.8. The third-order valence-corrected chi connectivity index (χ3v) is 2.11. The Kier molecular flexibility index (Phi) is 4.84. The van der Waals surface area contributed by atoms with Crippen molar-refractivity contribution in [1.82, 2.24) is 0 Å². The van der Waals surface area contributed by atoms with Crippen LogP contribution in [0.5, 0.6) is 5.75 Å². The van der Waals surface area contributed by atoms with E-state index in [4.69, 9.17) is 5.11 Å². The number of hydrogen-bond donors (Lipinski definition) is 1. The average Bonchev–Trinajstić information content (AvgIpc) is 2.35. The van der Waals surface area contributed by atoms with Gasteiger partial charge in [-0.3, -0.25) is 14.9 Å². The Balaban J connectivity index is 3.46. The van der Waals surface area contributed by atoms with Crippen molar-refractivity contribution < 1.29 is 33.1 Å². The lowest BCUT2D eigenvalue weighted by atomic mass is 10.1. The van der Waals surface area contributed by atoms with Gasteiger partial charge in [-0.25, -0.2) is 4.79 Å². The van der Waals surface area contributed by atoms with Crippen LogP contribution in [-0.4, -0.2) is 28.9 Å². The fourth-order valence-electron chi connectivity index (χ4n) is 1.36. The molecule has 0 aliphatic carbocycles. The topological polar surface area (TPSA) is 107 Å². The van der Waals surface area contributed by atoms with Crippen LogP contribution < -0.4 is 4.74 Å². The number of carboxylic acids is 1. The highest BCUT2D eigenvalue weighted by molar-refractivity contribution is 5.91. The predicted molar refractivity (Wildman–Crippen MR) is 61.8 cm³/mol. The molecule has 0 bridgehead atoms. The van der Waals surface area contributed by atoms with E-state index >= 15 is 0 Å². The van der Waals surface area contributed by atoms with Crippen molar-refractivity contribution in [3.05, 3.63) is 39.4 Å². The first-order valence-electron chi connectivity index (χ1n) is 4.98. The summed E-state index contributed by atoms with van der Waals surface area (Å²) >= 11 is 0. The molecule has 0 aromatic heterocycles. The number of ether oxygens (including phenoxy) is 1. The molecule has 0 saturated heterocycles. The smallest absolute Gasteiger partial charge is 0.387 e. The van der Waals surface area contributed by atoms with Crippen LogP contribution in [0.3, 0.4) is 0 Å². The zero-order chi connectivity index (χ0) is 15.3. The van der Waals surface area contributed by atoms with Gasteiger partial charge >= 0.3 is 12.6 Å². The number of aldehydes is 1. The van der Waals surface area contributed by atoms with E-state index in [1.165, 1.54) is 0 Å². The van der Waals surface area contributed by atoms with Crippen LogP contribution in [0.4, 0.5) is 14.5 Å². The number of aliphatic carboxylic acids is 1. The van der Waals surface area contributed by atoms with Gasteiger partial charge in [0.15, 0.2) is 6.29 Å². The SMILES string of the molecule is O=Cc1cc([N+](=O)[O-])cc(OC(F)F)c1/C=C/C(=O)O. The first-order valence-corrected chi connectivity index (χ1v) is 4.98. The molecule has 1 N–H and O–H groups in total. The summed E-state index contributed by atoms with van der Waals surface area (Å²) in [5.74, 6) is -2.04. The molecule has 0 fully saturated rings. The summed E-state index contributed by atoms with van der Waals surface area (Å²) in [5, 5.41) is 19.1. The van der Waals surface area contributed by atoms with Crippen molar-refractivity contribution in [3.63, 3.8) is 0 Å². The third-order valence-electron chi connectivity index (χ3n) is 2.11. The number of halogens is 2. The van der Waals surface area contributed by atoms with E-state index in [0.717, 1.165) is 12.1 Å². The molecular formula is C11H7F2NO6. The Labute approximate surface area is 110 Å². The summed E-state index contributed by atoms with van der Waals surface area (Å²) in [6.07, 6.45) is 1.60. The van der Waals surface area contributed by atoms with Crippen LogP contribution in [0.2, 0.25) is 0 Å². The lowest BCUT2D eigenvalue weighted by molar-refractivity contribution is -0.385. The fraction of sp³-hybridized carbons (Fsp3) is 0.0909. The second-order valence-corrected chi connectivity index (χ2v) is 3.37. The van der Waals surface area contributed by atoms with Gasteiger partial charge in [0.05, 0.1) is 11.0 Å². The number of nitro benzene ring substituents is 1. The van der Waals surface area contributed by atoms with Crippen LogP contribution >= 0.6 is 0 Å². The number of alkyl halides is 2. The third kappa shape index (κ3) is 3.83. The van der Waals surface area contributed by atoms with E-state index < -0.39 is 28.9 Å². The Morgan fingerprint density at radius 2 is 2.10 bits per heavy atom. The molecule has 0 atom stereocenters. The summed E-state index contributed by atoms with van der Waals surface area (Å²) in [4.78, 5) is 31.0. The number of carboxylic acid groups (broad SMARTS) is 1. The van der Waals surface area contributed by atoms with E-state index in [1.54, 1.807) is 0 Å². The summed E-state index contributed by atoms with van der Waals surface area (Å²) in [6, 6.07) is 1.51. The molecule has 1 aromatic carbocycles. The second kappa shape index (κ2) is 6.36. The summed E-state index contributed by atoms with van der Waals surface area (Å²) in [5.41, 5.74) is -1.25. The summed E-state index contributed by atoms with van der Waals surface area (Å²) in [6.45, 7) is -3.28. The minimum atomic E-state index is -3.28. The van der Waals surface area contributed by atoms with Gasteiger partial charge in [0.1, 0.15) is 5.75 Å². The number of benzene rings is 1. The van der Waals surface area contributed by atoms with Gasteiger partial charge in [-0.05, 0) is 6.08 Å². The highest BCUT2D eigenvalue weighted by Gasteiger charge is 2.18. The quantitative estimate of drug-likeness (QED) is 0.371. The van der Waals surface area contributed by atoms with Crippen molar-refractivity contribution in [3.8, 4) is 5.75 Å². The number of nitrogens with zero attached hydrogens (tertiary/aromatic N) is 1. The average molecular weight is 287 g/mol. The van der Waals surface area contributed by atoms with Gasteiger partial charge in [-0.1, -0.05) is 0 Å². The molecule has 0 spiro atoms. The first-order chi connectivity index (χ1) is 9.35. The Bertz CT molecular complexity index is 585. The maximum Gasteiger partial charge on any atom is 0.387 e. The minimum Gasteiger partial charge on any atom is -0.478 e. The van der Waals surface area contributed by atoms with Gasteiger partial charge < -0.3 is 9.84 Å². The zero-order valence-corrected chi connectivity index (χ0v) is 9.66. The standard InChI is InChI=1S/C11H7F2NO6/c12-11(13)20-9-4-7(14(18)19)3-6(5-15)8(9)1-2-10(16)17/h1-5,11H,(H,16,17)/b2-1+. The molecule has 1 rings (SSSR count). The Hall–Kier alpha value is -2.84. The van der Waals surface area contributed by atoms with E-state index in [9.17, 15) is 28.5 Å². The number of non-ortho nitro benzene ring substituents is 1. The molecule has 20 heavy (non-hydrogen) atoms. The van der Waals surface area contributed by atoms with Crippen LogP contribution in [0.15, 0.2) is 18.2 Å². The van der Waals surface area contributed by atoms with E-state index in [2.05, 4.69) is 4.74 Å². The molecule has 0 heterocycles. The van der Waals surface area contributed by atoms with Crippen LogP contribution in [0.25, 0.3) is 6.08 Å². The molecule has 1 aromatic rings. The molecule has 0 saturated carbocycles. The molecule has 9 heteroatoms. The lowest BCUT2D eigenvalue weighted by Crippen LogP contribution is -2.06. The molecule has 0 aliphatic heterocycles. The lowest BCUT2D eigenvalue weighted by Gasteiger charge is -2.09. The summed E-state index contributed by atoms with van der Waals surface area (Å²) < 4.78 is 28.6. The maximum atomic E-state index is 12.2. The Morgan fingerprint density at radius 3 is 2.55 bits per heavy atom. The monoisotopic (exact) mass is 287 g/mol. The minimum absolute atomic E-state index is 0.173. The number of carbonyl (C=O) groups is 2. The first kappa shape index (κ1) is 15.2. The Morgan fingerprint density at radius 1 is 1.45 bits per heavy atom.